The maximum Gasteiger partial charge on any atom is 0.272 e. The van der Waals surface area contributed by atoms with Crippen LogP contribution in [-0.4, -0.2) is 40.8 Å². The van der Waals surface area contributed by atoms with Crippen LogP contribution in [0.25, 0.3) is 10.2 Å². The van der Waals surface area contributed by atoms with Crippen LogP contribution in [0.2, 0.25) is 0 Å². The van der Waals surface area contributed by atoms with Crippen molar-refractivity contribution in [3.8, 4) is 5.75 Å². The number of methoxy groups -OCH3 is 1. The van der Waals surface area contributed by atoms with Gasteiger partial charge in [-0.05, 0) is 36.1 Å². The molecule has 0 atom stereocenters. The van der Waals surface area contributed by atoms with Gasteiger partial charge in [-0.25, -0.2) is 4.98 Å². The number of anilines is 1. The van der Waals surface area contributed by atoms with Gasteiger partial charge in [0.05, 0.1) is 30.6 Å². The molecule has 8 nitrogen and oxygen atoms in total. The first-order valence-electron chi connectivity index (χ1n) is 9.36. The Balaban J connectivity index is 1.59. The molecule has 31 heavy (non-hydrogen) atoms. The number of hydrogen-bond acceptors (Lipinski definition) is 7. The Bertz CT molecular complexity index is 1190. The number of allylic oxidation sites excluding steroid dienone is 1. The van der Waals surface area contributed by atoms with Gasteiger partial charge in [-0.2, -0.15) is 0 Å². The zero-order valence-electron chi connectivity index (χ0n) is 17.1. The SMILES string of the molecule is C=CCn1c(SCC(=O)NCC(=O)Nc2cc(C)ccc2OC)nc2ccsc2c1=O. The number of thioether (sulfide) groups is 1. The largest absolute Gasteiger partial charge is 0.495 e. The number of fused-ring (bicyclic) bond motifs is 1. The number of benzene rings is 1. The predicted octanol–water partition coefficient (Wildman–Crippen LogP) is 2.81. The molecule has 2 aromatic heterocycles. The van der Waals surface area contributed by atoms with Crippen molar-refractivity contribution in [3.63, 3.8) is 0 Å². The highest BCUT2D eigenvalue weighted by atomic mass is 32.2. The molecule has 0 saturated heterocycles. The van der Waals surface area contributed by atoms with Crippen LogP contribution in [0, 0.1) is 6.92 Å². The number of thiophene rings is 1. The molecule has 2 amide bonds. The molecule has 3 rings (SSSR count). The van der Waals surface area contributed by atoms with E-state index in [9.17, 15) is 14.4 Å². The highest BCUT2D eigenvalue weighted by molar-refractivity contribution is 7.99. The van der Waals surface area contributed by atoms with Crippen LogP contribution in [0.1, 0.15) is 5.56 Å². The van der Waals surface area contributed by atoms with E-state index in [1.54, 1.807) is 29.7 Å². The van der Waals surface area contributed by atoms with Crippen molar-refractivity contribution in [3.05, 3.63) is 58.2 Å². The summed E-state index contributed by atoms with van der Waals surface area (Å²) in [5, 5.41) is 7.54. The van der Waals surface area contributed by atoms with Gasteiger partial charge in [-0.3, -0.25) is 19.0 Å². The van der Waals surface area contributed by atoms with Crippen molar-refractivity contribution in [2.75, 3.05) is 24.7 Å². The summed E-state index contributed by atoms with van der Waals surface area (Å²) in [6.07, 6.45) is 1.61. The second-order valence-corrected chi connectivity index (χ2v) is 8.41. The van der Waals surface area contributed by atoms with Crippen LogP contribution in [0.15, 0.2) is 52.3 Å². The molecule has 0 aliphatic rings. The van der Waals surface area contributed by atoms with E-state index in [2.05, 4.69) is 22.2 Å². The van der Waals surface area contributed by atoms with Gasteiger partial charge in [0.1, 0.15) is 10.4 Å². The molecule has 3 aromatic rings. The highest BCUT2D eigenvalue weighted by Gasteiger charge is 2.14. The van der Waals surface area contributed by atoms with Gasteiger partial charge in [0.15, 0.2) is 5.16 Å². The number of carbonyl (C=O) groups excluding carboxylic acids is 2. The molecule has 1 aromatic carbocycles. The van der Waals surface area contributed by atoms with Crippen LogP contribution in [-0.2, 0) is 16.1 Å². The number of amides is 2. The van der Waals surface area contributed by atoms with E-state index < -0.39 is 0 Å². The zero-order chi connectivity index (χ0) is 22.4. The van der Waals surface area contributed by atoms with E-state index in [-0.39, 0.29) is 29.7 Å². The van der Waals surface area contributed by atoms with Crippen LogP contribution in [0.3, 0.4) is 0 Å². The van der Waals surface area contributed by atoms with Crippen molar-refractivity contribution < 1.29 is 14.3 Å². The van der Waals surface area contributed by atoms with Crippen LogP contribution in [0.4, 0.5) is 5.69 Å². The molecule has 0 aliphatic carbocycles. The van der Waals surface area contributed by atoms with Crippen LogP contribution in [0.5, 0.6) is 5.75 Å². The monoisotopic (exact) mass is 458 g/mol. The second-order valence-electron chi connectivity index (χ2n) is 6.55. The van der Waals surface area contributed by atoms with Crippen LogP contribution >= 0.6 is 23.1 Å². The molecule has 162 valence electrons. The summed E-state index contributed by atoms with van der Waals surface area (Å²) in [7, 11) is 1.52. The maximum atomic E-state index is 12.6. The predicted molar refractivity (Wildman–Crippen MR) is 124 cm³/mol. The number of nitrogens with zero attached hydrogens (tertiary/aromatic N) is 2. The highest BCUT2D eigenvalue weighted by Crippen LogP contribution is 2.25. The normalized spacial score (nSPS) is 10.6. The molecule has 0 bridgehead atoms. The fraction of sp³-hybridized carbons (Fsp3) is 0.238. The van der Waals surface area contributed by atoms with Gasteiger partial charge in [0.2, 0.25) is 11.8 Å². The summed E-state index contributed by atoms with van der Waals surface area (Å²) >= 11 is 2.47. The van der Waals surface area contributed by atoms with Crippen molar-refractivity contribution in [1.29, 1.82) is 0 Å². The number of ether oxygens (including phenoxy) is 1. The average molecular weight is 459 g/mol. The van der Waals surface area contributed by atoms with Crippen molar-refractivity contribution in [1.82, 2.24) is 14.9 Å². The molecule has 0 unspecified atom stereocenters. The van der Waals surface area contributed by atoms with E-state index in [4.69, 9.17) is 4.74 Å². The minimum Gasteiger partial charge on any atom is -0.495 e. The van der Waals surface area contributed by atoms with Gasteiger partial charge in [0.25, 0.3) is 5.56 Å². The lowest BCUT2D eigenvalue weighted by atomic mass is 10.2. The van der Waals surface area contributed by atoms with Crippen molar-refractivity contribution in [2.45, 2.75) is 18.6 Å². The quantitative estimate of drug-likeness (QED) is 0.290. The number of nitrogens with one attached hydrogen (secondary N) is 2. The first kappa shape index (κ1) is 22.6. The number of hydrogen-bond donors (Lipinski definition) is 2. The smallest absolute Gasteiger partial charge is 0.272 e. The molecule has 0 spiro atoms. The Labute approximate surface area is 187 Å². The first-order valence-corrected chi connectivity index (χ1v) is 11.2. The third kappa shape index (κ3) is 5.53. The lowest BCUT2D eigenvalue weighted by molar-refractivity contribution is -0.122. The molecular formula is C21H22N4O4S2. The number of aromatic nitrogens is 2. The van der Waals surface area contributed by atoms with Gasteiger partial charge in [-0.1, -0.05) is 23.9 Å². The van der Waals surface area contributed by atoms with Gasteiger partial charge in [-0.15, -0.1) is 17.9 Å². The standard InChI is InChI=1S/C21H22N4O4S2/c1-4-8-25-20(28)19-14(7-9-30-19)24-21(25)31-12-18(27)22-11-17(26)23-15-10-13(2)5-6-16(15)29-3/h4-7,9-10H,1,8,11-12H2,2-3H3,(H,22,27)(H,23,26). The molecule has 0 fully saturated rings. The van der Waals surface area contributed by atoms with Gasteiger partial charge >= 0.3 is 0 Å². The first-order chi connectivity index (χ1) is 14.9. The fourth-order valence-electron chi connectivity index (χ4n) is 2.80. The van der Waals surface area contributed by atoms with E-state index >= 15 is 0 Å². The molecule has 0 saturated carbocycles. The maximum absolute atomic E-state index is 12.6. The number of rotatable bonds is 9. The van der Waals surface area contributed by atoms with Crippen molar-refractivity contribution in [2.24, 2.45) is 0 Å². The summed E-state index contributed by atoms with van der Waals surface area (Å²) in [6.45, 7) is 5.69. The lowest BCUT2D eigenvalue weighted by Gasteiger charge is -2.12. The Morgan fingerprint density at radius 1 is 1.32 bits per heavy atom. The van der Waals surface area contributed by atoms with E-state index in [1.165, 1.54) is 23.0 Å². The Kier molecular flexibility index (Phi) is 7.48. The van der Waals surface area contributed by atoms with E-state index in [0.29, 0.717) is 33.4 Å². The summed E-state index contributed by atoms with van der Waals surface area (Å²) < 4.78 is 7.29. The van der Waals surface area contributed by atoms with Gasteiger partial charge < -0.3 is 15.4 Å². The Morgan fingerprint density at radius 2 is 2.13 bits per heavy atom. The molecule has 0 radical (unpaired) electrons. The third-order valence-electron chi connectivity index (χ3n) is 4.25. The third-order valence-corrected chi connectivity index (χ3v) is 6.12. The summed E-state index contributed by atoms with van der Waals surface area (Å²) in [5.74, 6) is -0.166. The fourth-order valence-corrected chi connectivity index (χ4v) is 4.41. The van der Waals surface area contributed by atoms with E-state index in [0.717, 1.165) is 17.3 Å². The summed E-state index contributed by atoms with van der Waals surface area (Å²) in [4.78, 5) is 41.6. The lowest BCUT2D eigenvalue weighted by Crippen LogP contribution is -2.34. The molecular weight excluding hydrogens is 436 g/mol. The minimum atomic E-state index is -0.372. The summed E-state index contributed by atoms with van der Waals surface area (Å²) in [6, 6.07) is 7.20. The second kappa shape index (κ2) is 10.3. The van der Waals surface area contributed by atoms with Crippen molar-refractivity contribution >= 4 is 50.8 Å². The Hall–Kier alpha value is -3.11. The topological polar surface area (TPSA) is 102 Å². The molecule has 2 N–H and O–H groups in total. The molecule has 2 heterocycles. The number of aryl methyl sites for hydroxylation is 1. The van der Waals surface area contributed by atoms with E-state index in [1.807, 2.05) is 13.0 Å². The average Bonchev–Trinajstić information content (AvgIpc) is 3.22. The zero-order valence-corrected chi connectivity index (χ0v) is 18.8. The molecule has 10 heteroatoms. The summed E-state index contributed by atoms with van der Waals surface area (Å²) in [5.41, 5.74) is 1.95. The van der Waals surface area contributed by atoms with Crippen LogP contribution < -0.4 is 20.9 Å². The Morgan fingerprint density at radius 3 is 2.87 bits per heavy atom. The minimum absolute atomic E-state index is 0.0142. The number of carbonyl (C=O) groups is 2. The molecule has 0 aliphatic heterocycles. The van der Waals surface area contributed by atoms with Gasteiger partial charge in [0, 0.05) is 6.54 Å².